The van der Waals surface area contributed by atoms with Gasteiger partial charge in [0.2, 0.25) is 0 Å². The first-order valence-corrected chi connectivity index (χ1v) is 7.45. The second-order valence-electron chi connectivity index (χ2n) is 4.26. The maximum atomic E-state index is 10.9. The van der Waals surface area contributed by atoms with Gasteiger partial charge in [0.1, 0.15) is 0 Å². The van der Waals surface area contributed by atoms with Gasteiger partial charge in [-0.1, -0.05) is 28.8 Å². The smallest absolute Gasteiger partial charge is 0.151 e. The van der Waals surface area contributed by atoms with Gasteiger partial charge in [0.25, 0.3) is 0 Å². The number of halogens is 1. The highest BCUT2D eigenvalue weighted by Gasteiger charge is 2.15. The molecule has 0 unspecified atom stereocenters. The second-order valence-corrected chi connectivity index (χ2v) is 6.24. The Labute approximate surface area is 109 Å². The molecule has 0 heterocycles. The molecular formula is C13H15BrOS. The van der Waals surface area contributed by atoms with Gasteiger partial charge in [0.05, 0.1) is 0 Å². The van der Waals surface area contributed by atoms with Crippen LogP contribution in [0.15, 0.2) is 27.6 Å². The topological polar surface area (TPSA) is 17.1 Å². The van der Waals surface area contributed by atoms with E-state index in [1.807, 2.05) is 30.0 Å². The van der Waals surface area contributed by atoms with Crippen molar-refractivity contribution in [1.82, 2.24) is 0 Å². The minimum Gasteiger partial charge on any atom is -0.298 e. The first-order chi connectivity index (χ1) is 7.79. The minimum atomic E-state index is 0.811. The Bertz CT molecular complexity index is 372. The van der Waals surface area contributed by atoms with Crippen LogP contribution in [-0.4, -0.2) is 12.0 Å². The van der Waals surface area contributed by atoms with Gasteiger partial charge in [-0.05, 0) is 37.0 Å². The van der Waals surface area contributed by atoms with Crippen molar-refractivity contribution in [1.29, 1.82) is 0 Å². The molecule has 0 aromatic heterocycles. The van der Waals surface area contributed by atoms with Crippen LogP contribution in [0.5, 0.6) is 0 Å². The summed E-state index contributed by atoms with van der Waals surface area (Å²) in [4.78, 5) is 12.0. The number of aldehydes is 1. The number of hydrogen-bond acceptors (Lipinski definition) is 2. The van der Waals surface area contributed by atoms with E-state index in [4.69, 9.17) is 0 Å². The van der Waals surface area contributed by atoms with Crippen LogP contribution in [-0.2, 0) is 0 Å². The van der Waals surface area contributed by atoms with Gasteiger partial charge in [0, 0.05) is 20.7 Å². The molecule has 0 aliphatic heterocycles. The minimum absolute atomic E-state index is 0.811. The molecule has 0 N–H and O–H groups in total. The summed E-state index contributed by atoms with van der Waals surface area (Å²) in [5, 5.41) is 0. The first kappa shape index (κ1) is 12.2. The lowest BCUT2D eigenvalue weighted by Gasteiger charge is -2.09. The fourth-order valence-electron chi connectivity index (χ4n) is 2.12. The van der Waals surface area contributed by atoms with Crippen molar-refractivity contribution in [2.45, 2.75) is 30.6 Å². The average molecular weight is 299 g/mol. The van der Waals surface area contributed by atoms with Crippen LogP contribution in [0.1, 0.15) is 36.0 Å². The van der Waals surface area contributed by atoms with Crippen molar-refractivity contribution >= 4 is 34.0 Å². The molecule has 0 radical (unpaired) electrons. The number of carbonyl (C=O) groups is 1. The predicted octanol–water partition coefficient (Wildman–Crippen LogP) is 4.54. The molecule has 1 aromatic rings. The normalized spacial score (nSPS) is 16.6. The Morgan fingerprint density at radius 3 is 2.81 bits per heavy atom. The fraction of sp³-hybridized carbons (Fsp3) is 0.462. The summed E-state index contributed by atoms with van der Waals surface area (Å²) in [6.45, 7) is 0. The van der Waals surface area contributed by atoms with E-state index < -0.39 is 0 Å². The van der Waals surface area contributed by atoms with E-state index in [9.17, 15) is 4.79 Å². The maximum absolute atomic E-state index is 10.9. The van der Waals surface area contributed by atoms with Gasteiger partial charge >= 0.3 is 0 Å². The predicted molar refractivity (Wildman–Crippen MR) is 72.2 cm³/mol. The molecule has 2 rings (SSSR count). The molecule has 86 valence electrons. The highest BCUT2D eigenvalue weighted by Crippen LogP contribution is 2.33. The van der Waals surface area contributed by atoms with Crippen LogP contribution in [0.25, 0.3) is 0 Å². The Morgan fingerprint density at radius 2 is 2.12 bits per heavy atom. The zero-order valence-corrected chi connectivity index (χ0v) is 11.5. The summed E-state index contributed by atoms with van der Waals surface area (Å²) in [6.07, 6.45) is 6.42. The van der Waals surface area contributed by atoms with Crippen molar-refractivity contribution in [2.75, 3.05) is 5.75 Å². The van der Waals surface area contributed by atoms with E-state index >= 15 is 0 Å². The van der Waals surface area contributed by atoms with Gasteiger partial charge in [-0.2, -0.15) is 0 Å². The molecular weight excluding hydrogens is 284 g/mol. The Morgan fingerprint density at radius 1 is 1.38 bits per heavy atom. The summed E-state index contributed by atoms with van der Waals surface area (Å²) in [5.74, 6) is 2.00. The van der Waals surface area contributed by atoms with Gasteiger partial charge in [0.15, 0.2) is 6.29 Å². The summed E-state index contributed by atoms with van der Waals surface area (Å²) in [7, 11) is 0. The molecule has 1 nitrogen and oxygen atoms in total. The van der Waals surface area contributed by atoms with Crippen molar-refractivity contribution in [3.05, 3.63) is 28.2 Å². The monoisotopic (exact) mass is 298 g/mol. The van der Waals surface area contributed by atoms with E-state index in [0.717, 1.165) is 32.9 Å². The summed E-state index contributed by atoms with van der Waals surface area (Å²) in [6, 6.07) is 5.85. The van der Waals surface area contributed by atoms with Crippen LogP contribution < -0.4 is 0 Å². The lowest BCUT2D eigenvalue weighted by atomic mass is 10.1. The molecule has 0 amide bonds. The standard InChI is InChI=1S/C13H15BrOS/c14-12-6-5-11(8-15)13(7-12)16-9-10-3-1-2-4-10/h5-8,10H,1-4,9H2. The second kappa shape index (κ2) is 5.87. The number of carbonyl (C=O) groups excluding carboxylic acids is 1. The first-order valence-electron chi connectivity index (χ1n) is 5.67. The molecule has 1 aromatic carbocycles. The summed E-state index contributed by atoms with van der Waals surface area (Å²) in [5.41, 5.74) is 0.811. The van der Waals surface area contributed by atoms with Gasteiger partial charge in [-0.3, -0.25) is 4.79 Å². The molecule has 16 heavy (non-hydrogen) atoms. The van der Waals surface area contributed by atoms with E-state index in [-0.39, 0.29) is 0 Å². The summed E-state index contributed by atoms with van der Waals surface area (Å²) < 4.78 is 1.05. The van der Waals surface area contributed by atoms with Gasteiger partial charge in [-0.25, -0.2) is 0 Å². The van der Waals surface area contributed by atoms with Crippen LogP contribution in [0, 0.1) is 5.92 Å². The summed E-state index contributed by atoms with van der Waals surface area (Å²) >= 11 is 5.27. The number of hydrogen-bond donors (Lipinski definition) is 0. The van der Waals surface area contributed by atoms with E-state index in [1.165, 1.54) is 25.7 Å². The third-order valence-electron chi connectivity index (χ3n) is 3.05. The third-order valence-corrected chi connectivity index (χ3v) is 4.85. The van der Waals surface area contributed by atoms with E-state index in [2.05, 4.69) is 15.9 Å². The number of thioether (sulfide) groups is 1. The van der Waals surface area contributed by atoms with E-state index in [0.29, 0.717) is 0 Å². The average Bonchev–Trinajstić information content (AvgIpc) is 2.79. The lowest BCUT2D eigenvalue weighted by molar-refractivity contribution is 0.112. The Hall–Kier alpha value is -0.280. The molecule has 0 saturated heterocycles. The van der Waals surface area contributed by atoms with E-state index in [1.54, 1.807) is 0 Å². The third kappa shape index (κ3) is 3.11. The molecule has 0 spiro atoms. The molecule has 1 aliphatic carbocycles. The molecule has 0 atom stereocenters. The van der Waals surface area contributed by atoms with Crippen LogP contribution >= 0.6 is 27.7 Å². The SMILES string of the molecule is O=Cc1ccc(Br)cc1SCC1CCCC1. The van der Waals surface area contributed by atoms with Crippen molar-refractivity contribution in [3.63, 3.8) is 0 Å². The van der Waals surface area contributed by atoms with Crippen molar-refractivity contribution in [3.8, 4) is 0 Å². The molecule has 3 heteroatoms. The molecule has 1 aliphatic rings. The fourth-order valence-corrected chi connectivity index (χ4v) is 3.87. The van der Waals surface area contributed by atoms with Crippen LogP contribution in [0.2, 0.25) is 0 Å². The maximum Gasteiger partial charge on any atom is 0.151 e. The highest BCUT2D eigenvalue weighted by atomic mass is 79.9. The number of benzene rings is 1. The zero-order chi connectivity index (χ0) is 11.4. The van der Waals surface area contributed by atoms with Gasteiger partial charge in [-0.15, -0.1) is 11.8 Å². The lowest BCUT2D eigenvalue weighted by Crippen LogP contribution is -1.97. The zero-order valence-electron chi connectivity index (χ0n) is 9.12. The molecule has 0 bridgehead atoms. The van der Waals surface area contributed by atoms with Crippen molar-refractivity contribution in [2.24, 2.45) is 5.92 Å². The highest BCUT2D eigenvalue weighted by molar-refractivity contribution is 9.10. The number of rotatable bonds is 4. The Kier molecular flexibility index (Phi) is 4.47. The Balaban J connectivity index is 2.01. The molecule has 1 saturated carbocycles. The van der Waals surface area contributed by atoms with Crippen molar-refractivity contribution < 1.29 is 4.79 Å². The largest absolute Gasteiger partial charge is 0.298 e. The van der Waals surface area contributed by atoms with Crippen LogP contribution in [0.4, 0.5) is 0 Å². The van der Waals surface area contributed by atoms with Crippen LogP contribution in [0.3, 0.4) is 0 Å². The van der Waals surface area contributed by atoms with Gasteiger partial charge < -0.3 is 0 Å². The molecule has 1 fully saturated rings. The quantitative estimate of drug-likeness (QED) is 0.599.